The largest absolute Gasteiger partial charge is 0.391 e. The number of cyclic esters (lactones) is 4. The van der Waals surface area contributed by atoms with Gasteiger partial charge in [-0.25, -0.2) is 0 Å². The van der Waals surface area contributed by atoms with E-state index < -0.39 is 23.9 Å². The summed E-state index contributed by atoms with van der Waals surface area (Å²) in [5.41, 5.74) is 0. The Kier molecular flexibility index (Phi) is 3.68. The van der Waals surface area contributed by atoms with Crippen molar-refractivity contribution in [3.8, 4) is 0 Å². The maximum atomic E-state index is 11.0. The Labute approximate surface area is 102 Å². The highest BCUT2D eigenvalue weighted by Crippen LogP contribution is 2.03. The van der Waals surface area contributed by atoms with Crippen LogP contribution >= 0.6 is 0 Å². The van der Waals surface area contributed by atoms with Crippen LogP contribution in [0.15, 0.2) is 0 Å². The Morgan fingerprint density at radius 1 is 0.667 bits per heavy atom. The highest BCUT2D eigenvalue weighted by molar-refractivity contribution is 5.90. The molecule has 18 heavy (non-hydrogen) atoms. The number of carbonyl (C=O) groups excluding carboxylic acids is 4. The van der Waals surface area contributed by atoms with E-state index in [2.05, 4.69) is 9.47 Å². The minimum atomic E-state index is -0.583. The van der Waals surface area contributed by atoms with Crippen LogP contribution in [-0.4, -0.2) is 72.9 Å². The van der Waals surface area contributed by atoms with Gasteiger partial charge in [-0.05, 0) is 0 Å². The minimum absolute atomic E-state index is 0.0397. The van der Waals surface area contributed by atoms with Gasteiger partial charge in [-0.2, -0.15) is 0 Å². The molecular weight excluding hydrogens is 244 g/mol. The van der Waals surface area contributed by atoms with E-state index in [-0.39, 0.29) is 26.2 Å². The number of hydrogen-bond donors (Lipinski definition) is 0. The van der Waals surface area contributed by atoms with Crippen LogP contribution < -0.4 is 0 Å². The van der Waals surface area contributed by atoms with Gasteiger partial charge in [0.1, 0.15) is 0 Å². The Bertz CT molecular complexity index is 337. The van der Waals surface area contributed by atoms with Crippen molar-refractivity contribution in [2.45, 2.75) is 0 Å². The molecule has 2 saturated heterocycles. The van der Waals surface area contributed by atoms with Crippen molar-refractivity contribution in [3.63, 3.8) is 0 Å². The SMILES string of the molecule is O=C1CN(CCN2CC(=O)OC(=O)C2)CC(=O)O1. The number of esters is 4. The van der Waals surface area contributed by atoms with E-state index >= 15 is 0 Å². The topological polar surface area (TPSA) is 93.2 Å². The van der Waals surface area contributed by atoms with E-state index in [4.69, 9.17) is 0 Å². The summed E-state index contributed by atoms with van der Waals surface area (Å²) in [7, 11) is 0. The molecule has 0 atom stereocenters. The molecule has 2 fully saturated rings. The molecule has 0 aromatic rings. The summed E-state index contributed by atoms with van der Waals surface area (Å²) in [4.78, 5) is 47.3. The summed E-state index contributed by atoms with van der Waals surface area (Å²) in [6.07, 6.45) is 0. The summed E-state index contributed by atoms with van der Waals surface area (Å²) >= 11 is 0. The first-order valence-electron chi connectivity index (χ1n) is 5.44. The number of rotatable bonds is 3. The zero-order chi connectivity index (χ0) is 13.1. The number of nitrogens with zero attached hydrogens (tertiary/aromatic N) is 2. The molecule has 2 aliphatic heterocycles. The van der Waals surface area contributed by atoms with Gasteiger partial charge in [0.25, 0.3) is 0 Å². The molecule has 8 nitrogen and oxygen atoms in total. The van der Waals surface area contributed by atoms with Gasteiger partial charge < -0.3 is 9.47 Å². The number of hydrogen-bond acceptors (Lipinski definition) is 8. The van der Waals surface area contributed by atoms with Crippen LogP contribution in [0.1, 0.15) is 0 Å². The highest BCUT2D eigenvalue weighted by atomic mass is 16.6. The molecule has 0 unspecified atom stereocenters. The summed E-state index contributed by atoms with van der Waals surface area (Å²) < 4.78 is 8.76. The van der Waals surface area contributed by atoms with Gasteiger partial charge in [0, 0.05) is 13.1 Å². The maximum Gasteiger partial charge on any atom is 0.327 e. The number of carbonyl (C=O) groups is 4. The molecule has 2 rings (SSSR count). The maximum absolute atomic E-state index is 11.0. The second kappa shape index (κ2) is 5.23. The minimum Gasteiger partial charge on any atom is -0.391 e. The van der Waals surface area contributed by atoms with Crippen molar-refractivity contribution in [2.24, 2.45) is 0 Å². The summed E-state index contributed by atoms with van der Waals surface area (Å²) in [5, 5.41) is 0. The summed E-state index contributed by atoms with van der Waals surface area (Å²) in [6, 6.07) is 0. The zero-order valence-corrected chi connectivity index (χ0v) is 9.59. The predicted molar refractivity (Wildman–Crippen MR) is 55.1 cm³/mol. The molecule has 0 aromatic heterocycles. The van der Waals surface area contributed by atoms with Crippen molar-refractivity contribution in [2.75, 3.05) is 39.3 Å². The molecule has 0 bridgehead atoms. The van der Waals surface area contributed by atoms with Crippen molar-refractivity contribution < 1.29 is 28.7 Å². The third-order valence-corrected chi connectivity index (χ3v) is 2.60. The van der Waals surface area contributed by atoms with Gasteiger partial charge in [0.15, 0.2) is 0 Å². The molecule has 0 aliphatic carbocycles. The Balaban J connectivity index is 1.80. The van der Waals surface area contributed by atoms with Gasteiger partial charge in [-0.3, -0.25) is 29.0 Å². The first-order valence-corrected chi connectivity index (χ1v) is 5.44. The van der Waals surface area contributed by atoms with Crippen LogP contribution in [0.2, 0.25) is 0 Å². The quantitative estimate of drug-likeness (QED) is 0.413. The average molecular weight is 256 g/mol. The fraction of sp³-hybridized carbons (Fsp3) is 0.600. The van der Waals surface area contributed by atoms with Crippen molar-refractivity contribution in [3.05, 3.63) is 0 Å². The lowest BCUT2D eigenvalue weighted by atomic mass is 10.3. The number of morpholine rings is 2. The first-order chi connectivity index (χ1) is 8.52. The van der Waals surface area contributed by atoms with E-state index in [1.165, 1.54) is 0 Å². The van der Waals surface area contributed by atoms with Crippen LogP contribution in [-0.2, 0) is 28.7 Å². The first kappa shape index (κ1) is 12.7. The second-order valence-electron chi connectivity index (χ2n) is 4.11. The molecule has 2 aliphatic rings. The molecule has 2 heterocycles. The Morgan fingerprint density at radius 3 is 1.22 bits per heavy atom. The molecule has 0 amide bonds. The van der Waals surface area contributed by atoms with Crippen LogP contribution in [0.5, 0.6) is 0 Å². The third kappa shape index (κ3) is 3.34. The molecular formula is C10H12N2O6. The molecule has 0 radical (unpaired) electrons. The fourth-order valence-electron chi connectivity index (χ4n) is 1.82. The molecule has 8 heteroatoms. The van der Waals surface area contributed by atoms with Crippen LogP contribution in [0.25, 0.3) is 0 Å². The van der Waals surface area contributed by atoms with Crippen LogP contribution in [0.3, 0.4) is 0 Å². The monoisotopic (exact) mass is 256 g/mol. The lowest BCUT2D eigenvalue weighted by molar-refractivity contribution is -0.170. The molecule has 0 aromatic carbocycles. The van der Waals surface area contributed by atoms with Gasteiger partial charge in [0.2, 0.25) is 0 Å². The van der Waals surface area contributed by atoms with E-state index in [0.717, 1.165) is 0 Å². The van der Waals surface area contributed by atoms with E-state index in [1.807, 2.05) is 0 Å². The lowest BCUT2D eigenvalue weighted by Crippen LogP contribution is -2.49. The summed E-state index contributed by atoms with van der Waals surface area (Å²) in [5.74, 6) is -2.33. The highest BCUT2D eigenvalue weighted by Gasteiger charge is 2.28. The van der Waals surface area contributed by atoms with Crippen LogP contribution in [0, 0.1) is 0 Å². The summed E-state index contributed by atoms with van der Waals surface area (Å²) in [6.45, 7) is 0.967. The van der Waals surface area contributed by atoms with Crippen molar-refractivity contribution in [1.29, 1.82) is 0 Å². The Morgan fingerprint density at radius 2 is 0.944 bits per heavy atom. The van der Waals surface area contributed by atoms with E-state index in [1.54, 1.807) is 9.80 Å². The third-order valence-electron chi connectivity index (χ3n) is 2.60. The van der Waals surface area contributed by atoms with Gasteiger partial charge >= 0.3 is 23.9 Å². The van der Waals surface area contributed by atoms with Crippen LogP contribution in [0.4, 0.5) is 0 Å². The van der Waals surface area contributed by atoms with E-state index in [9.17, 15) is 19.2 Å². The smallest absolute Gasteiger partial charge is 0.327 e. The predicted octanol–water partition coefficient (Wildman–Crippen LogP) is -2.24. The van der Waals surface area contributed by atoms with Gasteiger partial charge in [-0.15, -0.1) is 0 Å². The van der Waals surface area contributed by atoms with E-state index in [0.29, 0.717) is 13.1 Å². The molecule has 98 valence electrons. The second-order valence-corrected chi connectivity index (χ2v) is 4.11. The molecule has 0 spiro atoms. The Hall–Kier alpha value is -1.80. The lowest BCUT2D eigenvalue weighted by Gasteiger charge is -2.28. The molecule has 0 N–H and O–H groups in total. The number of ether oxygens (including phenoxy) is 2. The molecule has 0 saturated carbocycles. The normalized spacial score (nSPS) is 22.9. The average Bonchev–Trinajstić information content (AvgIpc) is 2.23. The van der Waals surface area contributed by atoms with Crippen molar-refractivity contribution >= 4 is 23.9 Å². The standard InChI is InChI=1S/C10H12N2O6/c13-7-3-11(4-8(14)17-7)1-2-12-5-9(15)18-10(16)6-12/h1-6H2. The van der Waals surface area contributed by atoms with Gasteiger partial charge in [-0.1, -0.05) is 0 Å². The fourth-order valence-corrected chi connectivity index (χ4v) is 1.82. The van der Waals surface area contributed by atoms with Gasteiger partial charge in [0.05, 0.1) is 26.2 Å². The zero-order valence-electron chi connectivity index (χ0n) is 9.59. The van der Waals surface area contributed by atoms with Crippen molar-refractivity contribution in [1.82, 2.24) is 9.80 Å².